The summed E-state index contributed by atoms with van der Waals surface area (Å²) in [7, 11) is 1.63. The van der Waals surface area contributed by atoms with E-state index in [0.717, 1.165) is 13.0 Å². The molecule has 0 amide bonds. The Kier molecular flexibility index (Phi) is 15.1. The van der Waals surface area contributed by atoms with E-state index in [2.05, 4.69) is 15.6 Å². The number of methoxy groups -OCH3 is 1. The van der Waals surface area contributed by atoms with E-state index in [1.54, 1.807) is 7.11 Å². The standard InChI is InChI=1S/C12H24F3N3O.HI/c1-3-16-11(18-9-6-10-19-2)17-8-5-4-7-12(13,14)15;/h3-10H2,1-2H3,(H2,16,17,18);1H. The van der Waals surface area contributed by atoms with Crippen molar-refractivity contribution in [3.05, 3.63) is 0 Å². The first-order valence-corrected chi connectivity index (χ1v) is 6.57. The molecule has 0 aliphatic heterocycles. The highest BCUT2D eigenvalue weighted by atomic mass is 127. The van der Waals surface area contributed by atoms with Crippen molar-refractivity contribution in [1.29, 1.82) is 0 Å². The molecule has 0 bridgehead atoms. The Morgan fingerprint density at radius 2 is 1.85 bits per heavy atom. The number of ether oxygens (including phenoxy) is 1. The summed E-state index contributed by atoms with van der Waals surface area (Å²) in [6.07, 6.45) is -3.35. The van der Waals surface area contributed by atoms with E-state index in [1.807, 2.05) is 6.92 Å². The van der Waals surface area contributed by atoms with Gasteiger partial charge in [0.1, 0.15) is 0 Å². The van der Waals surface area contributed by atoms with Gasteiger partial charge in [0, 0.05) is 39.8 Å². The molecule has 0 radical (unpaired) electrons. The van der Waals surface area contributed by atoms with Crippen LogP contribution in [0.3, 0.4) is 0 Å². The predicted octanol–water partition coefficient (Wildman–Crippen LogP) is 2.93. The van der Waals surface area contributed by atoms with Gasteiger partial charge in [0.15, 0.2) is 5.96 Å². The van der Waals surface area contributed by atoms with Crippen molar-refractivity contribution in [1.82, 2.24) is 10.6 Å². The third-order valence-electron chi connectivity index (χ3n) is 2.30. The van der Waals surface area contributed by atoms with Crippen LogP contribution in [0.15, 0.2) is 4.99 Å². The van der Waals surface area contributed by atoms with Gasteiger partial charge in [-0.2, -0.15) is 13.2 Å². The van der Waals surface area contributed by atoms with Crippen LogP contribution < -0.4 is 10.6 Å². The molecule has 0 spiro atoms. The highest BCUT2D eigenvalue weighted by Crippen LogP contribution is 2.21. The fourth-order valence-corrected chi connectivity index (χ4v) is 1.40. The van der Waals surface area contributed by atoms with Gasteiger partial charge in [-0.15, -0.1) is 24.0 Å². The van der Waals surface area contributed by atoms with Gasteiger partial charge in [-0.1, -0.05) is 0 Å². The van der Waals surface area contributed by atoms with Crippen molar-refractivity contribution in [2.24, 2.45) is 4.99 Å². The zero-order chi connectivity index (χ0) is 14.6. The first-order chi connectivity index (χ1) is 8.99. The lowest BCUT2D eigenvalue weighted by molar-refractivity contribution is -0.135. The van der Waals surface area contributed by atoms with Crippen LogP contribution in [0.2, 0.25) is 0 Å². The molecular weight excluding hydrogens is 386 g/mol. The van der Waals surface area contributed by atoms with Crippen molar-refractivity contribution in [3.8, 4) is 0 Å². The number of alkyl halides is 3. The van der Waals surface area contributed by atoms with Crippen molar-refractivity contribution in [2.45, 2.75) is 38.8 Å². The highest BCUT2D eigenvalue weighted by Gasteiger charge is 2.25. The number of unbranched alkanes of at least 4 members (excludes halogenated alkanes) is 1. The average molecular weight is 411 g/mol. The molecule has 0 rings (SSSR count). The first kappa shape index (κ1) is 22.0. The normalized spacial score (nSPS) is 11.9. The van der Waals surface area contributed by atoms with Gasteiger partial charge in [-0.25, -0.2) is 0 Å². The van der Waals surface area contributed by atoms with E-state index in [-0.39, 0.29) is 30.4 Å². The Bertz CT molecular complexity index is 251. The molecule has 0 fully saturated rings. The van der Waals surface area contributed by atoms with Gasteiger partial charge in [0.25, 0.3) is 0 Å². The van der Waals surface area contributed by atoms with Crippen molar-refractivity contribution < 1.29 is 17.9 Å². The number of guanidine groups is 1. The number of aliphatic imine (C=N–C) groups is 1. The van der Waals surface area contributed by atoms with Crippen LogP contribution in [0.25, 0.3) is 0 Å². The Morgan fingerprint density at radius 1 is 1.15 bits per heavy atom. The highest BCUT2D eigenvalue weighted by molar-refractivity contribution is 14.0. The summed E-state index contributed by atoms with van der Waals surface area (Å²) in [5.74, 6) is 0.644. The number of nitrogens with zero attached hydrogens (tertiary/aromatic N) is 1. The topological polar surface area (TPSA) is 45.7 Å². The molecule has 8 heteroatoms. The molecule has 0 heterocycles. The Hall–Kier alpha value is -0.250. The molecule has 0 unspecified atom stereocenters. The molecule has 0 aromatic carbocycles. The molecule has 20 heavy (non-hydrogen) atoms. The molecule has 0 atom stereocenters. The third-order valence-corrected chi connectivity index (χ3v) is 2.30. The molecule has 2 N–H and O–H groups in total. The molecule has 0 aromatic rings. The maximum atomic E-state index is 11.9. The van der Waals surface area contributed by atoms with Crippen LogP contribution in [0.5, 0.6) is 0 Å². The Labute approximate surface area is 136 Å². The smallest absolute Gasteiger partial charge is 0.385 e. The lowest BCUT2D eigenvalue weighted by atomic mass is 10.2. The quantitative estimate of drug-likeness (QED) is 0.266. The van der Waals surface area contributed by atoms with E-state index < -0.39 is 12.6 Å². The molecule has 4 nitrogen and oxygen atoms in total. The largest absolute Gasteiger partial charge is 0.389 e. The monoisotopic (exact) mass is 411 g/mol. The van der Waals surface area contributed by atoms with Gasteiger partial charge >= 0.3 is 6.18 Å². The molecule has 0 aromatic heterocycles. The van der Waals surface area contributed by atoms with E-state index in [0.29, 0.717) is 32.1 Å². The predicted molar refractivity (Wildman–Crippen MR) is 85.8 cm³/mol. The summed E-state index contributed by atoms with van der Waals surface area (Å²) in [4.78, 5) is 4.29. The van der Waals surface area contributed by atoms with E-state index in [4.69, 9.17) is 4.74 Å². The zero-order valence-corrected chi connectivity index (χ0v) is 14.4. The number of nitrogens with one attached hydrogen (secondary N) is 2. The number of hydrogen-bond acceptors (Lipinski definition) is 2. The summed E-state index contributed by atoms with van der Waals surface area (Å²) in [5.41, 5.74) is 0. The maximum Gasteiger partial charge on any atom is 0.389 e. The first-order valence-electron chi connectivity index (χ1n) is 6.57. The molecule has 0 saturated carbocycles. The minimum absolute atomic E-state index is 0. The van der Waals surface area contributed by atoms with Crippen LogP contribution in [0.1, 0.15) is 32.6 Å². The summed E-state index contributed by atoms with van der Waals surface area (Å²) < 4.78 is 40.7. The maximum absolute atomic E-state index is 11.9. The molecule has 122 valence electrons. The number of rotatable bonds is 9. The van der Waals surface area contributed by atoms with Gasteiger partial charge in [0.2, 0.25) is 0 Å². The Morgan fingerprint density at radius 3 is 2.40 bits per heavy atom. The second-order valence-electron chi connectivity index (χ2n) is 4.11. The fraction of sp³-hybridized carbons (Fsp3) is 0.917. The second kappa shape index (κ2) is 13.7. The zero-order valence-electron chi connectivity index (χ0n) is 12.1. The van der Waals surface area contributed by atoms with Crippen LogP contribution in [-0.2, 0) is 4.74 Å². The van der Waals surface area contributed by atoms with Gasteiger partial charge < -0.3 is 15.4 Å². The molecule has 0 aliphatic carbocycles. The average Bonchev–Trinajstić information content (AvgIpc) is 2.32. The third kappa shape index (κ3) is 15.8. The van der Waals surface area contributed by atoms with Crippen LogP contribution in [0.4, 0.5) is 13.2 Å². The summed E-state index contributed by atoms with van der Waals surface area (Å²) in [6, 6.07) is 0. The van der Waals surface area contributed by atoms with Gasteiger partial charge in [0.05, 0.1) is 0 Å². The molecule has 0 saturated heterocycles. The minimum Gasteiger partial charge on any atom is -0.385 e. The number of halogens is 4. The SMILES string of the molecule is CCNC(=NCCCOC)NCCCCC(F)(F)F.I. The van der Waals surface area contributed by atoms with E-state index in [1.165, 1.54) is 0 Å². The summed E-state index contributed by atoms with van der Waals surface area (Å²) in [5, 5.41) is 6.06. The minimum atomic E-state index is -4.06. The van der Waals surface area contributed by atoms with Gasteiger partial charge in [-0.05, 0) is 26.2 Å². The second-order valence-corrected chi connectivity index (χ2v) is 4.11. The van der Waals surface area contributed by atoms with Crippen molar-refractivity contribution >= 4 is 29.9 Å². The lowest BCUT2D eigenvalue weighted by Crippen LogP contribution is -2.38. The van der Waals surface area contributed by atoms with Gasteiger partial charge in [-0.3, -0.25) is 4.99 Å². The van der Waals surface area contributed by atoms with Crippen LogP contribution in [-0.4, -0.2) is 45.5 Å². The van der Waals surface area contributed by atoms with Crippen molar-refractivity contribution in [3.63, 3.8) is 0 Å². The van der Waals surface area contributed by atoms with E-state index >= 15 is 0 Å². The molecular formula is C12H25F3IN3O. The summed E-state index contributed by atoms with van der Waals surface area (Å²) in [6.45, 7) is 4.43. The van der Waals surface area contributed by atoms with Crippen LogP contribution >= 0.6 is 24.0 Å². The Balaban J connectivity index is 0. The van der Waals surface area contributed by atoms with Crippen LogP contribution in [0, 0.1) is 0 Å². The number of hydrogen-bond donors (Lipinski definition) is 2. The summed E-state index contributed by atoms with van der Waals surface area (Å²) >= 11 is 0. The van der Waals surface area contributed by atoms with E-state index in [9.17, 15) is 13.2 Å². The molecule has 0 aliphatic rings. The lowest BCUT2D eigenvalue weighted by Gasteiger charge is -2.11. The van der Waals surface area contributed by atoms with Crippen molar-refractivity contribution in [2.75, 3.05) is 33.4 Å². The fourth-order valence-electron chi connectivity index (χ4n) is 1.40.